The van der Waals surface area contributed by atoms with Gasteiger partial charge in [0.05, 0.1) is 0 Å². The van der Waals surface area contributed by atoms with Gasteiger partial charge in [0.15, 0.2) is 0 Å². The zero-order valence-corrected chi connectivity index (χ0v) is 10.7. The first kappa shape index (κ1) is 16.4. The molecule has 0 saturated heterocycles. The Morgan fingerprint density at radius 1 is 1.00 bits per heavy atom. The van der Waals surface area contributed by atoms with E-state index in [4.69, 9.17) is 0 Å². The van der Waals surface area contributed by atoms with Gasteiger partial charge in [0.1, 0.15) is 0 Å². The topological polar surface area (TPSA) is 52.0 Å². The van der Waals surface area contributed by atoms with Gasteiger partial charge in [-0.3, -0.25) is 0 Å². The van der Waals surface area contributed by atoms with Crippen LogP contribution in [0.3, 0.4) is 0 Å². The van der Waals surface area contributed by atoms with Crippen LogP contribution >= 0.6 is 24.4 Å². The van der Waals surface area contributed by atoms with Gasteiger partial charge in [-0.2, -0.15) is 0 Å². The molecule has 0 saturated carbocycles. The van der Waals surface area contributed by atoms with Gasteiger partial charge in [-0.05, 0) is 0 Å². The fourth-order valence-electron chi connectivity index (χ4n) is 0. The Bertz CT molecular complexity index is 74.6. The zero-order chi connectivity index (χ0) is 7.15. The Morgan fingerprint density at radius 3 is 1.00 bits per heavy atom. The molecule has 9 heavy (non-hydrogen) atoms. The zero-order valence-electron chi connectivity index (χ0n) is 4.49. The summed E-state index contributed by atoms with van der Waals surface area (Å²) >= 11 is 16.5. The van der Waals surface area contributed by atoms with Crippen molar-refractivity contribution in [3.8, 4) is 0 Å². The summed E-state index contributed by atoms with van der Waals surface area (Å²) in [4.78, 5) is 0. The molecule has 0 spiro atoms. The van der Waals surface area contributed by atoms with E-state index in [9.17, 15) is 0 Å². The number of thiocarbonyl (C=S) groups is 2. The summed E-state index contributed by atoms with van der Waals surface area (Å²) in [6.07, 6.45) is 0. The second-order valence-electron chi connectivity index (χ2n) is 0.638. The largest absolute Gasteiger partial charge is 2.00 e. The van der Waals surface area contributed by atoms with Crippen molar-refractivity contribution < 1.29 is 19.5 Å². The van der Waals surface area contributed by atoms with Crippen LogP contribution in [0.5, 0.6) is 0 Å². The van der Waals surface area contributed by atoms with Gasteiger partial charge in [0.2, 0.25) is 0 Å². The molecule has 0 aromatic rings. The van der Waals surface area contributed by atoms with Gasteiger partial charge >= 0.3 is 19.5 Å². The number of hydrogen-bond acceptors (Lipinski definition) is 4. The number of rotatable bonds is 0. The SMILES string of the molecule is NC(=S)[S-].NC(=S)[S-].[Zn+2]. The predicted molar refractivity (Wildman–Crippen MR) is 48.3 cm³/mol. The molecule has 4 N–H and O–H groups in total. The Morgan fingerprint density at radius 2 is 1.00 bits per heavy atom. The average Bonchev–Trinajstić information content (AvgIpc) is 1.25. The molecule has 0 unspecified atom stereocenters. The molecule has 0 radical (unpaired) electrons. The van der Waals surface area contributed by atoms with Crippen molar-refractivity contribution in [3.63, 3.8) is 0 Å². The van der Waals surface area contributed by atoms with Gasteiger partial charge < -0.3 is 61.2 Å². The van der Waals surface area contributed by atoms with Crippen LogP contribution in [0.2, 0.25) is 0 Å². The van der Waals surface area contributed by atoms with Crippen LogP contribution in [-0.2, 0) is 44.7 Å². The molecule has 0 bridgehead atoms. The first-order valence-electron chi connectivity index (χ1n) is 1.39. The molecule has 0 aromatic carbocycles. The molecule has 0 aliphatic heterocycles. The molecule has 48 valence electrons. The first-order chi connectivity index (χ1) is 3.46. The summed E-state index contributed by atoms with van der Waals surface area (Å²) in [5.41, 5.74) is 9.31. The van der Waals surface area contributed by atoms with Crippen LogP contribution in [-0.4, -0.2) is 8.64 Å². The minimum atomic E-state index is 0. The Labute approximate surface area is 88.7 Å². The predicted octanol–water partition coefficient (Wildman–Crippen LogP) is -0.449. The molecule has 0 aliphatic rings. The maximum atomic E-state index is 4.66. The third kappa shape index (κ3) is 582. The second kappa shape index (κ2) is 11.6. The van der Waals surface area contributed by atoms with Gasteiger partial charge in [-0.15, -0.1) is 0 Å². The molecular formula is C2H4N2S4Zn. The molecule has 0 heterocycles. The maximum Gasteiger partial charge on any atom is 2.00 e. The minimum absolute atomic E-state index is 0. The summed E-state index contributed by atoms with van der Waals surface area (Å²) in [6.45, 7) is 0. The van der Waals surface area contributed by atoms with Crippen molar-refractivity contribution in [2.24, 2.45) is 11.5 Å². The van der Waals surface area contributed by atoms with Gasteiger partial charge in [-0.1, -0.05) is 8.64 Å². The number of nitrogens with two attached hydrogens (primary N) is 2. The molecule has 0 fully saturated rings. The Balaban J connectivity index is -0.0000000720. The average molecular weight is 250 g/mol. The van der Waals surface area contributed by atoms with E-state index in [0.717, 1.165) is 0 Å². The summed E-state index contributed by atoms with van der Waals surface area (Å²) in [7, 11) is 0. The van der Waals surface area contributed by atoms with E-state index in [2.05, 4.69) is 61.2 Å². The van der Waals surface area contributed by atoms with Crippen molar-refractivity contribution in [1.82, 2.24) is 0 Å². The molecule has 0 aromatic heterocycles. The van der Waals surface area contributed by atoms with Crippen LogP contribution in [0, 0.1) is 0 Å². The van der Waals surface area contributed by atoms with Crippen molar-refractivity contribution in [3.05, 3.63) is 0 Å². The van der Waals surface area contributed by atoms with Gasteiger partial charge in [0.25, 0.3) is 0 Å². The van der Waals surface area contributed by atoms with Crippen molar-refractivity contribution in [1.29, 1.82) is 0 Å². The normalized spacial score (nSPS) is 5.33. The van der Waals surface area contributed by atoms with E-state index >= 15 is 0 Å². The quantitative estimate of drug-likeness (QED) is 0.345. The fourth-order valence-corrected chi connectivity index (χ4v) is 0. The van der Waals surface area contributed by atoms with Crippen LogP contribution in [0.1, 0.15) is 0 Å². The fraction of sp³-hybridized carbons (Fsp3) is 0. The molecule has 0 amide bonds. The summed E-state index contributed by atoms with van der Waals surface area (Å²) in [5.74, 6) is 0. The van der Waals surface area contributed by atoms with Crippen LogP contribution in [0.25, 0.3) is 0 Å². The summed E-state index contributed by atoms with van der Waals surface area (Å²) in [5, 5.41) is 0. The van der Waals surface area contributed by atoms with E-state index in [1.165, 1.54) is 0 Å². The molecule has 0 atom stereocenters. The summed E-state index contributed by atoms with van der Waals surface area (Å²) in [6, 6.07) is 0. The van der Waals surface area contributed by atoms with Crippen molar-refractivity contribution >= 4 is 58.3 Å². The van der Waals surface area contributed by atoms with E-state index in [-0.39, 0.29) is 28.1 Å². The first-order valence-corrected chi connectivity index (χ1v) is 3.03. The standard InChI is InChI=1S/2CH3NS2.Zn/c2*2-1(3)4;/h2*(H3,2,3,4);/q;;+2/p-2. The molecule has 0 rings (SSSR count). The Kier molecular flexibility index (Phi) is 21.2. The monoisotopic (exact) mass is 248 g/mol. The molecular weight excluding hydrogens is 246 g/mol. The van der Waals surface area contributed by atoms with Crippen LogP contribution in [0.4, 0.5) is 0 Å². The van der Waals surface area contributed by atoms with E-state index < -0.39 is 0 Å². The van der Waals surface area contributed by atoms with Crippen molar-refractivity contribution in [2.45, 2.75) is 0 Å². The third-order valence-corrected chi connectivity index (χ3v) is 0. The molecule has 7 heteroatoms. The van der Waals surface area contributed by atoms with Crippen LogP contribution in [0.15, 0.2) is 0 Å². The molecule has 2 nitrogen and oxygen atoms in total. The van der Waals surface area contributed by atoms with Crippen LogP contribution < -0.4 is 11.5 Å². The molecule has 0 aliphatic carbocycles. The second-order valence-corrected chi connectivity index (χ2v) is 2.91. The number of hydrogen-bond donors (Lipinski definition) is 2. The van der Waals surface area contributed by atoms with Gasteiger partial charge in [-0.25, -0.2) is 0 Å². The third-order valence-electron chi connectivity index (χ3n) is 0. The smallest absolute Gasteiger partial charge is 0.415 e. The summed E-state index contributed by atoms with van der Waals surface area (Å²) < 4.78 is 0.167. The van der Waals surface area contributed by atoms with Crippen molar-refractivity contribution in [2.75, 3.05) is 0 Å². The Hall–Kier alpha value is 0.843. The van der Waals surface area contributed by atoms with E-state index in [1.54, 1.807) is 0 Å². The van der Waals surface area contributed by atoms with Gasteiger partial charge in [0, 0.05) is 0 Å². The maximum absolute atomic E-state index is 4.66. The van der Waals surface area contributed by atoms with E-state index in [0.29, 0.717) is 0 Å². The minimum Gasteiger partial charge on any atom is -0.415 e. The van der Waals surface area contributed by atoms with E-state index in [1.807, 2.05) is 0 Å².